The molecule has 0 atom stereocenters. The molecular formula is C16H16F2N2. The predicted octanol–water partition coefficient (Wildman–Crippen LogP) is 4.26. The Balaban J connectivity index is 1.99. The third-order valence-electron chi connectivity index (χ3n) is 3.05. The molecule has 0 spiro atoms. The first kappa shape index (κ1) is 14.2. The number of rotatable bonds is 5. The fourth-order valence-corrected chi connectivity index (χ4v) is 1.98. The van der Waals surface area contributed by atoms with Gasteiger partial charge in [-0.25, -0.2) is 8.78 Å². The third kappa shape index (κ3) is 3.41. The molecule has 0 amide bonds. The first-order valence-electron chi connectivity index (χ1n) is 6.35. The molecule has 0 aliphatic rings. The highest BCUT2D eigenvalue weighted by atomic mass is 19.2. The van der Waals surface area contributed by atoms with Crippen LogP contribution in [0.15, 0.2) is 41.4 Å². The Kier molecular flexibility index (Phi) is 4.45. The summed E-state index contributed by atoms with van der Waals surface area (Å²) >= 11 is 0. The number of hydrogen-bond acceptors (Lipinski definition) is 2. The van der Waals surface area contributed by atoms with Crippen molar-refractivity contribution in [3.63, 3.8) is 0 Å². The molecule has 0 saturated heterocycles. The van der Waals surface area contributed by atoms with Gasteiger partial charge < -0.3 is 5.32 Å². The van der Waals surface area contributed by atoms with E-state index in [1.54, 1.807) is 0 Å². The van der Waals surface area contributed by atoms with Crippen molar-refractivity contribution in [3.05, 3.63) is 59.2 Å². The van der Waals surface area contributed by atoms with Crippen molar-refractivity contribution in [2.24, 2.45) is 4.99 Å². The highest BCUT2D eigenvalue weighted by Crippen LogP contribution is 2.21. The van der Waals surface area contributed by atoms with Gasteiger partial charge in [-0.2, -0.15) is 0 Å². The molecule has 0 heterocycles. The number of aliphatic imine (C=N–C) groups is 1. The molecule has 2 rings (SSSR count). The lowest BCUT2D eigenvalue weighted by Crippen LogP contribution is -2.05. The maximum Gasteiger partial charge on any atom is 0.160 e. The molecule has 0 aromatic heterocycles. The Hall–Kier alpha value is -2.23. The van der Waals surface area contributed by atoms with Gasteiger partial charge in [0.1, 0.15) is 0 Å². The third-order valence-corrected chi connectivity index (χ3v) is 3.05. The fourth-order valence-electron chi connectivity index (χ4n) is 1.98. The van der Waals surface area contributed by atoms with Gasteiger partial charge in [-0.15, -0.1) is 0 Å². The first-order valence-corrected chi connectivity index (χ1v) is 6.35. The van der Waals surface area contributed by atoms with E-state index in [1.165, 1.54) is 6.07 Å². The summed E-state index contributed by atoms with van der Waals surface area (Å²) in [6.45, 7) is 6.16. The molecule has 0 aliphatic carbocycles. The molecular weight excluding hydrogens is 258 g/mol. The second kappa shape index (κ2) is 6.28. The van der Waals surface area contributed by atoms with E-state index < -0.39 is 11.6 Å². The van der Waals surface area contributed by atoms with Gasteiger partial charge in [0.2, 0.25) is 0 Å². The zero-order valence-corrected chi connectivity index (χ0v) is 11.3. The Morgan fingerprint density at radius 2 is 1.90 bits per heavy atom. The van der Waals surface area contributed by atoms with Gasteiger partial charge in [-0.1, -0.05) is 12.1 Å². The minimum absolute atomic E-state index is 0.559. The van der Waals surface area contributed by atoms with Crippen molar-refractivity contribution in [2.75, 3.05) is 11.9 Å². The molecule has 104 valence electrons. The highest BCUT2D eigenvalue weighted by molar-refractivity contribution is 5.53. The fraction of sp³-hybridized carbons (Fsp3) is 0.188. The van der Waals surface area contributed by atoms with E-state index in [0.717, 1.165) is 35.4 Å². The molecule has 0 saturated carbocycles. The van der Waals surface area contributed by atoms with Crippen molar-refractivity contribution in [1.29, 1.82) is 0 Å². The van der Waals surface area contributed by atoms with E-state index in [9.17, 15) is 8.78 Å². The summed E-state index contributed by atoms with van der Waals surface area (Å²) in [5, 5.41) is 3.06. The minimum atomic E-state index is -0.848. The number of nitrogens with zero attached hydrogens (tertiary/aromatic N) is 1. The van der Waals surface area contributed by atoms with Crippen LogP contribution in [0.3, 0.4) is 0 Å². The lowest BCUT2D eigenvalue weighted by Gasteiger charge is -2.09. The van der Waals surface area contributed by atoms with Crippen LogP contribution in [0.4, 0.5) is 20.2 Å². The molecule has 2 nitrogen and oxygen atoms in total. The number of halogens is 2. The Morgan fingerprint density at radius 1 is 1.10 bits per heavy atom. The van der Waals surface area contributed by atoms with Crippen LogP contribution in [0.1, 0.15) is 11.1 Å². The quantitative estimate of drug-likeness (QED) is 0.809. The summed E-state index contributed by atoms with van der Waals surface area (Å²) in [6.07, 6.45) is 0.730. The summed E-state index contributed by atoms with van der Waals surface area (Å²) in [5.41, 5.74) is 3.62. The molecule has 0 bridgehead atoms. The topological polar surface area (TPSA) is 24.4 Å². The van der Waals surface area contributed by atoms with E-state index in [0.29, 0.717) is 12.2 Å². The molecule has 20 heavy (non-hydrogen) atoms. The van der Waals surface area contributed by atoms with Crippen LogP contribution in [0.25, 0.3) is 0 Å². The zero-order valence-electron chi connectivity index (χ0n) is 11.3. The Labute approximate surface area is 117 Å². The molecule has 4 heteroatoms. The van der Waals surface area contributed by atoms with Gasteiger partial charge in [0, 0.05) is 12.2 Å². The lowest BCUT2D eigenvalue weighted by molar-refractivity contribution is 0.509. The number of benzene rings is 2. The van der Waals surface area contributed by atoms with Gasteiger partial charge in [-0.05, 0) is 55.5 Å². The van der Waals surface area contributed by atoms with Crippen LogP contribution in [0, 0.1) is 18.6 Å². The van der Waals surface area contributed by atoms with Crippen molar-refractivity contribution in [1.82, 2.24) is 0 Å². The van der Waals surface area contributed by atoms with E-state index >= 15 is 0 Å². The second-order valence-corrected chi connectivity index (χ2v) is 4.60. The maximum atomic E-state index is 13.1. The van der Waals surface area contributed by atoms with Crippen molar-refractivity contribution < 1.29 is 8.78 Å². The number of nitrogens with one attached hydrogen (secondary N) is 1. The summed E-state index contributed by atoms with van der Waals surface area (Å²) < 4.78 is 25.9. The molecule has 2 aromatic carbocycles. The van der Waals surface area contributed by atoms with Crippen molar-refractivity contribution >= 4 is 18.1 Å². The van der Waals surface area contributed by atoms with Crippen LogP contribution in [-0.2, 0) is 6.42 Å². The summed E-state index contributed by atoms with van der Waals surface area (Å²) in [5.74, 6) is -1.69. The Bertz CT molecular complexity index is 624. The van der Waals surface area contributed by atoms with Crippen LogP contribution in [-0.4, -0.2) is 13.3 Å². The first-order chi connectivity index (χ1) is 9.60. The van der Waals surface area contributed by atoms with Gasteiger partial charge in [0.25, 0.3) is 0 Å². The molecule has 0 unspecified atom stereocenters. The summed E-state index contributed by atoms with van der Waals surface area (Å²) in [4.78, 5) is 4.00. The van der Waals surface area contributed by atoms with Gasteiger partial charge in [0.05, 0.1) is 5.69 Å². The number of aryl methyl sites for hydroxylation is 1. The predicted molar refractivity (Wildman–Crippen MR) is 78.9 cm³/mol. The average Bonchev–Trinajstić information content (AvgIpc) is 2.44. The van der Waals surface area contributed by atoms with E-state index in [4.69, 9.17) is 0 Å². The summed E-state index contributed by atoms with van der Waals surface area (Å²) in [6, 6.07) is 9.77. The SMILES string of the molecule is C=Nc1cc(C)ccc1CCNc1ccc(F)c(F)c1. The average molecular weight is 274 g/mol. The Morgan fingerprint density at radius 3 is 2.60 bits per heavy atom. The van der Waals surface area contributed by atoms with Crippen molar-refractivity contribution in [3.8, 4) is 0 Å². The highest BCUT2D eigenvalue weighted by Gasteiger charge is 2.04. The van der Waals surface area contributed by atoms with E-state index in [2.05, 4.69) is 17.0 Å². The maximum absolute atomic E-state index is 13.1. The summed E-state index contributed by atoms with van der Waals surface area (Å²) in [7, 11) is 0. The van der Waals surface area contributed by atoms with Crippen molar-refractivity contribution in [2.45, 2.75) is 13.3 Å². The largest absolute Gasteiger partial charge is 0.385 e. The normalized spacial score (nSPS) is 10.3. The standard InChI is InChI=1S/C16H16F2N2/c1-11-3-4-12(16(9-11)19-2)7-8-20-13-5-6-14(17)15(18)10-13/h3-6,9-10,20H,2,7-8H2,1H3. The number of anilines is 1. The molecule has 0 aliphatic heterocycles. The van der Waals surface area contributed by atoms with E-state index in [-0.39, 0.29) is 0 Å². The molecule has 1 N–H and O–H groups in total. The number of hydrogen-bond donors (Lipinski definition) is 1. The van der Waals surface area contributed by atoms with Crippen LogP contribution in [0.2, 0.25) is 0 Å². The van der Waals surface area contributed by atoms with Gasteiger partial charge in [-0.3, -0.25) is 4.99 Å². The van der Waals surface area contributed by atoms with Gasteiger partial charge >= 0.3 is 0 Å². The lowest BCUT2D eigenvalue weighted by atomic mass is 10.1. The molecule has 2 aromatic rings. The van der Waals surface area contributed by atoms with E-state index in [1.807, 2.05) is 25.1 Å². The molecule has 0 radical (unpaired) electrons. The zero-order chi connectivity index (χ0) is 14.5. The monoisotopic (exact) mass is 274 g/mol. The smallest absolute Gasteiger partial charge is 0.160 e. The van der Waals surface area contributed by atoms with Crippen LogP contribution in [0.5, 0.6) is 0 Å². The second-order valence-electron chi connectivity index (χ2n) is 4.60. The minimum Gasteiger partial charge on any atom is -0.385 e. The molecule has 0 fully saturated rings. The van der Waals surface area contributed by atoms with Crippen LogP contribution < -0.4 is 5.32 Å². The van der Waals surface area contributed by atoms with Crippen LogP contribution >= 0.6 is 0 Å². The van der Waals surface area contributed by atoms with Gasteiger partial charge in [0.15, 0.2) is 11.6 Å².